The molecule has 0 saturated carbocycles. The van der Waals surface area contributed by atoms with Gasteiger partial charge >= 0.3 is 0 Å². The molecule has 4 heteroatoms. The molecule has 17 heavy (non-hydrogen) atoms. The molecule has 3 heterocycles. The van der Waals surface area contributed by atoms with Crippen molar-refractivity contribution in [3.05, 3.63) is 40.3 Å². The quantitative estimate of drug-likeness (QED) is 0.903. The van der Waals surface area contributed by atoms with E-state index in [9.17, 15) is 0 Å². The van der Waals surface area contributed by atoms with Crippen molar-refractivity contribution < 1.29 is 0 Å². The summed E-state index contributed by atoms with van der Waals surface area (Å²) in [5.41, 5.74) is 1.27. The Morgan fingerprint density at radius 1 is 1.41 bits per heavy atom. The van der Waals surface area contributed by atoms with Gasteiger partial charge in [-0.15, -0.1) is 11.3 Å². The third kappa shape index (κ3) is 2.42. The van der Waals surface area contributed by atoms with Gasteiger partial charge in [0.25, 0.3) is 0 Å². The number of hydrogen-bond donors (Lipinski definition) is 1. The molecule has 1 aliphatic rings. The molecule has 1 aliphatic heterocycles. The maximum Gasteiger partial charge on any atom is 0.0523 e. The summed E-state index contributed by atoms with van der Waals surface area (Å²) in [5, 5.41) is 9.37. The lowest BCUT2D eigenvalue weighted by molar-refractivity contribution is 0.138. The molecule has 1 fully saturated rings. The van der Waals surface area contributed by atoms with Crippen LogP contribution in [0.25, 0.3) is 0 Å². The topological polar surface area (TPSA) is 31.9 Å². The van der Waals surface area contributed by atoms with Gasteiger partial charge in [-0.05, 0) is 36.9 Å². The van der Waals surface area contributed by atoms with Gasteiger partial charge in [-0.3, -0.25) is 10.00 Å². The fraction of sp³-hybridized carbons (Fsp3) is 0.462. The number of aromatic nitrogens is 2. The van der Waals surface area contributed by atoms with E-state index in [1.807, 2.05) is 17.5 Å². The standard InChI is InChI=1S/C13H17N3S/c1-2-8-16(10-11-4-3-9-17-11)13(5-1)12-6-7-14-15-12/h3-4,6-7,9,13H,1-2,5,8,10H2,(H,14,15). The Morgan fingerprint density at radius 2 is 2.41 bits per heavy atom. The third-order valence-electron chi connectivity index (χ3n) is 3.43. The van der Waals surface area contributed by atoms with Crippen molar-refractivity contribution in [1.82, 2.24) is 15.1 Å². The Balaban J connectivity index is 1.76. The van der Waals surface area contributed by atoms with Gasteiger partial charge in [0.15, 0.2) is 0 Å². The van der Waals surface area contributed by atoms with Gasteiger partial charge < -0.3 is 0 Å². The Morgan fingerprint density at radius 3 is 3.18 bits per heavy atom. The molecule has 1 N–H and O–H groups in total. The lowest BCUT2D eigenvalue weighted by Gasteiger charge is -2.34. The Bertz CT molecular complexity index is 435. The van der Waals surface area contributed by atoms with E-state index in [1.165, 1.54) is 36.4 Å². The summed E-state index contributed by atoms with van der Waals surface area (Å²) in [6.45, 7) is 2.27. The third-order valence-corrected chi connectivity index (χ3v) is 4.30. The number of nitrogens with zero attached hydrogens (tertiary/aromatic N) is 2. The predicted molar refractivity (Wildman–Crippen MR) is 69.9 cm³/mol. The lowest BCUT2D eigenvalue weighted by Crippen LogP contribution is -2.32. The van der Waals surface area contributed by atoms with Crippen LogP contribution in [0.2, 0.25) is 0 Å². The van der Waals surface area contributed by atoms with E-state index in [0.29, 0.717) is 6.04 Å². The molecule has 90 valence electrons. The van der Waals surface area contributed by atoms with Crippen molar-refractivity contribution in [3.63, 3.8) is 0 Å². The predicted octanol–water partition coefficient (Wildman–Crippen LogP) is 3.20. The molecule has 1 saturated heterocycles. The highest BCUT2D eigenvalue weighted by molar-refractivity contribution is 7.09. The first-order valence-electron chi connectivity index (χ1n) is 6.19. The van der Waals surface area contributed by atoms with E-state index in [4.69, 9.17) is 0 Å². The molecule has 3 rings (SSSR count). The molecular formula is C13H17N3S. The van der Waals surface area contributed by atoms with Gasteiger partial charge in [0.1, 0.15) is 0 Å². The molecule has 0 spiro atoms. The van der Waals surface area contributed by atoms with Crippen molar-refractivity contribution in [2.75, 3.05) is 6.54 Å². The second kappa shape index (κ2) is 5.02. The molecule has 1 atom stereocenters. The summed E-state index contributed by atoms with van der Waals surface area (Å²) in [6, 6.07) is 6.99. The summed E-state index contributed by atoms with van der Waals surface area (Å²) in [4.78, 5) is 4.03. The molecule has 0 radical (unpaired) electrons. The van der Waals surface area contributed by atoms with Gasteiger partial charge in [-0.25, -0.2) is 0 Å². The number of H-pyrrole nitrogens is 1. The van der Waals surface area contributed by atoms with Crippen LogP contribution in [0.1, 0.15) is 35.9 Å². The summed E-state index contributed by atoms with van der Waals surface area (Å²) in [7, 11) is 0. The second-order valence-electron chi connectivity index (χ2n) is 4.57. The molecule has 0 aliphatic carbocycles. The number of likely N-dealkylation sites (tertiary alicyclic amines) is 1. The Hall–Kier alpha value is -1.13. The minimum absolute atomic E-state index is 0.522. The Kier molecular flexibility index (Phi) is 3.25. The molecule has 3 nitrogen and oxygen atoms in total. The molecule has 0 aromatic carbocycles. The monoisotopic (exact) mass is 247 g/mol. The molecule has 0 bridgehead atoms. The van der Waals surface area contributed by atoms with Crippen LogP contribution < -0.4 is 0 Å². The summed E-state index contributed by atoms with van der Waals surface area (Å²) in [6.07, 6.45) is 5.74. The minimum Gasteiger partial charge on any atom is -0.290 e. The fourth-order valence-corrected chi connectivity index (χ4v) is 3.32. The van der Waals surface area contributed by atoms with Crippen LogP contribution >= 0.6 is 11.3 Å². The highest BCUT2D eigenvalue weighted by Crippen LogP contribution is 2.31. The Labute approximate surface area is 105 Å². The highest BCUT2D eigenvalue weighted by Gasteiger charge is 2.24. The first-order valence-corrected chi connectivity index (χ1v) is 7.07. The largest absolute Gasteiger partial charge is 0.290 e. The van der Waals surface area contributed by atoms with Gasteiger partial charge in [0, 0.05) is 17.6 Å². The second-order valence-corrected chi connectivity index (χ2v) is 5.61. The first kappa shape index (κ1) is 11.0. The average Bonchev–Trinajstić information content (AvgIpc) is 3.01. The first-order chi connectivity index (χ1) is 8.43. The zero-order valence-corrected chi connectivity index (χ0v) is 10.6. The maximum absolute atomic E-state index is 4.08. The number of rotatable bonds is 3. The average molecular weight is 247 g/mol. The number of nitrogens with one attached hydrogen (secondary N) is 1. The SMILES string of the molecule is c1csc(CN2CCCCC2c2ccn[nH]2)c1. The van der Waals surface area contributed by atoms with Crippen LogP contribution in [-0.4, -0.2) is 21.6 Å². The molecule has 2 aromatic rings. The van der Waals surface area contributed by atoms with Crippen molar-refractivity contribution >= 4 is 11.3 Å². The maximum atomic E-state index is 4.08. The number of hydrogen-bond acceptors (Lipinski definition) is 3. The number of piperidine rings is 1. The summed E-state index contributed by atoms with van der Waals surface area (Å²) >= 11 is 1.85. The summed E-state index contributed by atoms with van der Waals surface area (Å²) in [5.74, 6) is 0. The van der Waals surface area contributed by atoms with Crippen molar-refractivity contribution in [3.8, 4) is 0 Å². The van der Waals surface area contributed by atoms with Crippen LogP contribution in [0.4, 0.5) is 0 Å². The molecule has 1 unspecified atom stereocenters. The lowest BCUT2D eigenvalue weighted by atomic mass is 9.99. The van der Waals surface area contributed by atoms with Gasteiger partial charge in [-0.1, -0.05) is 12.5 Å². The fourth-order valence-electron chi connectivity index (χ4n) is 2.59. The van der Waals surface area contributed by atoms with E-state index in [2.05, 4.69) is 38.7 Å². The zero-order chi connectivity index (χ0) is 11.5. The van der Waals surface area contributed by atoms with Crippen LogP contribution in [0.15, 0.2) is 29.8 Å². The van der Waals surface area contributed by atoms with Gasteiger partial charge in [0.05, 0.1) is 11.7 Å². The van der Waals surface area contributed by atoms with E-state index < -0.39 is 0 Å². The van der Waals surface area contributed by atoms with Crippen LogP contribution in [0.5, 0.6) is 0 Å². The van der Waals surface area contributed by atoms with E-state index >= 15 is 0 Å². The van der Waals surface area contributed by atoms with E-state index in [0.717, 1.165) is 6.54 Å². The van der Waals surface area contributed by atoms with Gasteiger partial charge in [0.2, 0.25) is 0 Å². The van der Waals surface area contributed by atoms with Crippen LogP contribution in [-0.2, 0) is 6.54 Å². The smallest absolute Gasteiger partial charge is 0.0523 e. The van der Waals surface area contributed by atoms with Crippen molar-refractivity contribution in [2.45, 2.75) is 31.8 Å². The molecular weight excluding hydrogens is 230 g/mol. The van der Waals surface area contributed by atoms with Gasteiger partial charge in [-0.2, -0.15) is 5.10 Å². The van der Waals surface area contributed by atoms with E-state index in [-0.39, 0.29) is 0 Å². The van der Waals surface area contributed by atoms with Crippen molar-refractivity contribution in [1.29, 1.82) is 0 Å². The number of aromatic amines is 1. The molecule has 0 amide bonds. The van der Waals surface area contributed by atoms with Crippen LogP contribution in [0, 0.1) is 0 Å². The minimum atomic E-state index is 0.522. The number of thiophene rings is 1. The van der Waals surface area contributed by atoms with E-state index in [1.54, 1.807) is 0 Å². The van der Waals surface area contributed by atoms with Crippen molar-refractivity contribution in [2.24, 2.45) is 0 Å². The van der Waals surface area contributed by atoms with Crippen LogP contribution in [0.3, 0.4) is 0 Å². The highest BCUT2D eigenvalue weighted by atomic mass is 32.1. The normalized spacial score (nSPS) is 21.8. The molecule has 2 aromatic heterocycles. The summed E-state index contributed by atoms with van der Waals surface area (Å²) < 4.78 is 0. The zero-order valence-electron chi connectivity index (χ0n) is 9.80.